The number of nitrogens with two attached hydrogens (primary N) is 1. The van der Waals surface area contributed by atoms with Crippen molar-refractivity contribution in [2.75, 3.05) is 5.43 Å². The van der Waals surface area contributed by atoms with Crippen molar-refractivity contribution in [1.29, 1.82) is 5.26 Å². The Kier molecular flexibility index (Phi) is 4.49. The standard InChI is InChI=1S/C13H13N5O2S/c14-8-10-2-1-3-11(6-10)9-17-21(19,20)12-4-5-16-13(7-12)18-15/h1-7,17H,9,15H2,(H,16,18). The lowest BCUT2D eigenvalue weighted by Crippen LogP contribution is -2.23. The molecular formula is C13H13N5O2S. The Morgan fingerprint density at radius 3 is 2.81 bits per heavy atom. The molecule has 2 aromatic rings. The Hall–Kier alpha value is -2.47. The van der Waals surface area contributed by atoms with Gasteiger partial charge in [-0.2, -0.15) is 5.26 Å². The molecule has 8 heteroatoms. The van der Waals surface area contributed by atoms with Crippen LogP contribution in [0, 0.1) is 11.3 Å². The van der Waals surface area contributed by atoms with Gasteiger partial charge in [0.25, 0.3) is 0 Å². The number of hydrogen-bond donors (Lipinski definition) is 3. The van der Waals surface area contributed by atoms with Gasteiger partial charge in [0.05, 0.1) is 16.5 Å². The second-order valence-corrected chi connectivity index (χ2v) is 5.92. The minimum atomic E-state index is -3.68. The summed E-state index contributed by atoms with van der Waals surface area (Å²) < 4.78 is 26.8. The van der Waals surface area contributed by atoms with Gasteiger partial charge in [-0.05, 0) is 23.8 Å². The zero-order valence-electron chi connectivity index (χ0n) is 10.9. The van der Waals surface area contributed by atoms with Crippen LogP contribution in [0.25, 0.3) is 0 Å². The molecule has 0 aliphatic carbocycles. The van der Waals surface area contributed by atoms with Gasteiger partial charge in [0.2, 0.25) is 10.0 Å². The van der Waals surface area contributed by atoms with Crippen LogP contribution in [0.1, 0.15) is 11.1 Å². The lowest BCUT2D eigenvalue weighted by molar-refractivity contribution is 0.581. The van der Waals surface area contributed by atoms with Crippen LogP contribution in [0.4, 0.5) is 5.82 Å². The van der Waals surface area contributed by atoms with E-state index >= 15 is 0 Å². The maximum Gasteiger partial charge on any atom is 0.241 e. The highest BCUT2D eigenvalue weighted by Crippen LogP contribution is 2.12. The molecule has 21 heavy (non-hydrogen) atoms. The largest absolute Gasteiger partial charge is 0.308 e. The highest BCUT2D eigenvalue weighted by atomic mass is 32.2. The van der Waals surface area contributed by atoms with Crippen molar-refractivity contribution in [2.24, 2.45) is 5.84 Å². The maximum absolute atomic E-state index is 12.2. The number of nitrogens with one attached hydrogen (secondary N) is 2. The number of aromatic nitrogens is 1. The Balaban J connectivity index is 2.16. The summed E-state index contributed by atoms with van der Waals surface area (Å²) in [5.74, 6) is 5.45. The summed E-state index contributed by atoms with van der Waals surface area (Å²) in [5, 5.41) is 8.81. The fourth-order valence-electron chi connectivity index (χ4n) is 1.67. The Bertz CT molecular complexity index is 783. The van der Waals surface area contributed by atoms with Crippen LogP contribution in [0.2, 0.25) is 0 Å². The molecule has 0 aliphatic rings. The predicted molar refractivity (Wildman–Crippen MR) is 77.2 cm³/mol. The number of hydrazine groups is 1. The second-order valence-electron chi connectivity index (χ2n) is 4.16. The zero-order chi connectivity index (χ0) is 15.3. The van der Waals surface area contributed by atoms with Crippen LogP contribution < -0.4 is 16.0 Å². The van der Waals surface area contributed by atoms with E-state index in [1.807, 2.05) is 6.07 Å². The second kappa shape index (κ2) is 6.32. The number of nitriles is 1. The summed E-state index contributed by atoms with van der Waals surface area (Å²) in [7, 11) is -3.68. The summed E-state index contributed by atoms with van der Waals surface area (Å²) in [6.45, 7) is 0.0889. The monoisotopic (exact) mass is 303 g/mol. The highest BCUT2D eigenvalue weighted by molar-refractivity contribution is 7.89. The number of nitrogen functional groups attached to an aromatic ring is 1. The maximum atomic E-state index is 12.2. The van der Waals surface area contributed by atoms with Gasteiger partial charge in [-0.3, -0.25) is 0 Å². The molecule has 4 N–H and O–H groups in total. The average molecular weight is 303 g/mol. The fourth-order valence-corrected chi connectivity index (χ4v) is 2.70. The number of pyridine rings is 1. The molecule has 0 fully saturated rings. The molecular weight excluding hydrogens is 290 g/mol. The van der Waals surface area contributed by atoms with E-state index in [1.54, 1.807) is 24.3 Å². The molecule has 0 saturated carbocycles. The van der Waals surface area contributed by atoms with Crippen molar-refractivity contribution in [1.82, 2.24) is 9.71 Å². The van der Waals surface area contributed by atoms with Crippen LogP contribution >= 0.6 is 0 Å². The van der Waals surface area contributed by atoms with E-state index in [0.717, 1.165) is 0 Å². The third-order valence-electron chi connectivity index (χ3n) is 2.71. The van der Waals surface area contributed by atoms with E-state index in [9.17, 15) is 8.42 Å². The molecule has 0 unspecified atom stereocenters. The van der Waals surface area contributed by atoms with Crippen LogP contribution in [-0.2, 0) is 16.6 Å². The molecule has 0 amide bonds. The van der Waals surface area contributed by atoms with Crippen molar-refractivity contribution >= 4 is 15.8 Å². The first-order valence-electron chi connectivity index (χ1n) is 5.96. The van der Waals surface area contributed by atoms with Gasteiger partial charge in [0.15, 0.2) is 0 Å². The van der Waals surface area contributed by atoms with Gasteiger partial charge in [-0.15, -0.1) is 0 Å². The minimum absolute atomic E-state index is 0.0573. The average Bonchev–Trinajstić information content (AvgIpc) is 2.53. The van der Waals surface area contributed by atoms with Crippen LogP contribution in [0.3, 0.4) is 0 Å². The van der Waals surface area contributed by atoms with Crippen LogP contribution in [0.15, 0.2) is 47.5 Å². The summed E-state index contributed by atoms with van der Waals surface area (Å²) >= 11 is 0. The molecule has 2 rings (SSSR count). The van der Waals surface area contributed by atoms with Crippen molar-refractivity contribution < 1.29 is 8.42 Å². The third kappa shape index (κ3) is 3.76. The van der Waals surface area contributed by atoms with Gasteiger partial charge in [-0.1, -0.05) is 12.1 Å². The summed E-state index contributed by atoms with van der Waals surface area (Å²) in [5.41, 5.74) is 3.46. The summed E-state index contributed by atoms with van der Waals surface area (Å²) in [4.78, 5) is 3.91. The van der Waals surface area contributed by atoms with Crippen molar-refractivity contribution in [3.8, 4) is 6.07 Å². The number of anilines is 1. The number of benzene rings is 1. The molecule has 1 heterocycles. The normalized spacial score (nSPS) is 10.9. The quantitative estimate of drug-likeness (QED) is 0.552. The van der Waals surface area contributed by atoms with E-state index < -0.39 is 10.0 Å². The van der Waals surface area contributed by atoms with E-state index in [4.69, 9.17) is 11.1 Å². The van der Waals surface area contributed by atoms with Crippen molar-refractivity contribution in [3.63, 3.8) is 0 Å². The Labute approximate surface area is 122 Å². The zero-order valence-corrected chi connectivity index (χ0v) is 11.8. The van der Waals surface area contributed by atoms with Gasteiger partial charge in [0.1, 0.15) is 5.82 Å². The smallest absolute Gasteiger partial charge is 0.241 e. The number of nitrogens with zero attached hydrogens (tertiary/aromatic N) is 2. The molecule has 0 radical (unpaired) electrons. The summed E-state index contributed by atoms with van der Waals surface area (Å²) in [6, 6.07) is 11.4. The SMILES string of the molecule is N#Cc1cccc(CNS(=O)(=O)c2ccnc(NN)c2)c1. The third-order valence-corrected chi connectivity index (χ3v) is 4.11. The Morgan fingerprint density at radius 1 is 1.29 bits per heavy atom. The molecule has 108 valence electrons. The van der Waals surface area contributed by atoms with E-state index in [1.165, 1.54) is 18.3 Å². The molecule has 0 aliphatic heterocycles. The molecule has 1 aromatic heterocycles. The molecule has 1 aromatic carbocycles. The van der Waals surface area contributed by atoms with Crippen LogP contribution in [-0.4, -0.2) is 13.4 Å². The lowest BCUT2D eigenvalue weighted by Gasteiger charge is -2.08. The first kappa shape index (κ1) is 14.9. The topological polar surface area (TPSA) is 121 Å². The first-order valence-corrected chi connectivity index (χ1v) is 7.45. The Morgan fingerprint density at radius 2 is 2.10 bits per heavy atom. The molecule has 0 saturated heterocycles. The van der Waals surface area contributed by atoms with E-state index in [0.29, 0.717) is 11.1 Å². The molecule has 0 spiro atoms. The van der Waals surface area contributed by atoms with Gasteiger partial charge in [0, 0.05) is 18.8 Å². The lowest BCUT2D eigenvalue weighted by atomic mass is 10.1. The number of sulfonamides is 1. The van der Waals surface area contributed by atoms with Crippen LogP contribution in [0.5, 0.6) is 0 Å². The first-order chi connectivity index (χ1) is 10.0. The van der Waals surface area contributed by atoms with Crippen molar-refractivity contribution in [3.05, 3.63) is 53.7 Å². The predicted octanol–water partition coefficient (Wildman–Crippen LogP) is 0.717. The molecule has 0 atom stereocenters. The van der Waals surface area contributed by atoms with Gasteiger partial charge >= 0.3 is 0 Å². The van der Waals surface area contributed by atoms with Gasteiger partial charge in [-0.25, -0.2) is 24.0 Å². The molecule has 7 nitrogen and oxygen atoms in total. The van der Waals surface area contributed by atoms with Gasteiger partial charge < -0.3 is 5.43 Å². The summed E-state index contributed by atoms with van der Waals surface area (Å²) in [6.07, 6.45) is 1.35. The molecule has 0 bridgehead atoms. The van der Waals surface area contributed by atoms with E-state index in [-0.39, 0.29) is 17.3 Å². The van der Waals surface area contributed by atoms with E-state index in [2.05, 4.69) is 15.1 Å². The van der Waals surface area contributed by atoms with Crippen molar-refractivity contribution in [2.45, 2.75) is 11.4 Å². The minimum Gasteiger partial charge on any atom is -0.308 e. The number of rotatable bonds is 5. The fraction of sp³-hybridized carbons (Fsp3) is 0.0769. The highest BCUT2D eigenvalue weighted by Gasteiger charge is 2.14. The number of hydrogen-bond acceptors (Lipinski definition) is 6.